The van der Waals surface area contributed by atoms with Crippen LogP contribution >= 0.6 is 0 Å². The van der Waals surface area contributed by atoms with Crippen LogP contribution in [0.5, 0.6) is 11.5 Å². The summed E-state index contributed by atoms with van der Waals surface area (Å²) in [6.07, 6.45) is 2.17. The molecule has 0 radical (unpaired) electrons. The molecule has 28 heavy (non-hydrogen) atoms. The minimum absolute atomic E-state index is 0.218. The molecule has 0 spiro atoms. The molecule has 0 fully saturated rings. The van der Waals surface area contributed by atoms with Crippen LogP contribution in [0.25, 0.3) is 11.0 Å². The Morgan fingerprint density at radius 2 is 1.89 bits per heavy atom. The number of hydrogen-bond donors (Lipinski definition) is 0. The van der Waals surface area contributed by atoms with Crippen LogP contribution < -0.4 is 9.47 Å². The molecule has 0 saturated carbocycles. The van der Waals surface area contributed by atoms with Gasteiger partial charge in [0.05, 0.1) is 29.8 Å². The molecule has 0 aliphatic heterocycles. The standard InChI is InChI=1S/C22H26N2O4/c1-5-16(6-2)28-18-10-11-19-20(13-18)24(3)21(23-19)14-27-17-9-7-8-15(12-17)22(25)26-4/h7-13,16H,5-6,14H2,1-4H3. The maximum atomic E-state index is 11.7. The van der Waals surface area contributed by atoms with E-state index in [1.165, 1.54) is 7.11 Å². The number of aromatic nitrogens is 2. The van der Waals surface area contributed by atoms with E-state index in [0.717, 1.165) is 35.4 Å². The largest absolute Gasteiger partial charge is 0.490 e. The fourth-order valence-electron chi connectivity index (χ4n) is 3.05. The van der Waals surface area contributed by atoms with Gasteiger partial charge in [0.25, 0.3) is 0 Å². The molecule has 0 aliphatic carbocycles. The van der Waals surface area contributed by atoms with E-state index < -0.39 is 5.97 Å². The Morgan fingerprint density at radius 1 is 1.11 bits per heavy atom. The molecular formula is C22H26N2O4. The van der Waals surface area contributed by atoms with Crippen molar-refractivity contribution in [2.45, 2.75) is 39.4 Å². The lowest BCUT2D eigenvalue weighted by Gasteiger charge is -2.15. The highest BCUT2D eigenvalue weighted by Gasteiger charge is 2.12. The molecule has 148 valence electrons. The second-order valence-electron chi connectivity index (χ2n) is 6.60. The summed E-state index contributed by atoms with van der Waals surface area (Å²) in [5, 5.41) is 0. The average molecular weight is 382 g/mol. The summed E-state index contributed by atoms with van der Waals surface area (Å²) in [6.45, 7) is 4.54. The Labute approximate surface area is 165 Å². The van der Waals surface area contributed by atoms with Gasteiger partial charge in [0.15, 0.2) is 0 Å². The van der Waals surface area contributed by atoms with Crippen LogP contribution in [-0.4, -0.2) is 28.7 Å². The Bertz CT molecular complexity index is 960. The number of aryl methyl sites for hydroxylation is 1. The van der Waals surface area contributed by atoms with Crippen molar-refractivity contribution < 1.29 is 19.0 Å². The first-order valence-corrected chi connectivity index (χ1v) is 9.48. The molecule has 0 unspecified atom stereocenters. The van der Waals surface area contributed by atoms with Crippen LogP contribution in [0.3, 0.4) is 0 Å². The molecule has 0 saturated heterocycles. The molecule has 6 nitrogen and oxygen atoms in total. The van der Waals surface area contributed by atoms with Crippen molar-refractivity contribution in [2.24, 2.45) is 7.05 Å². The topological polar surface area (TPSA) is 62.6 Å². The molecule has 0 N–H and O–H groups in total. The zero-order valence-corrected chi connectivity index (χ0v) is 16.8. The fraction of sp³-hybridized carbons (Fsp3) is 0.364. The molecule has 1 aromatic heterocycles. The van der Waals surface area contributed by atoms with Crippen LogP contribution in [0, 0.1) is 0 Å². The summed E-state index contributed by atoms with van der Waals surface area (Å²) in [6, 6.07) is 12.9. The van der Waals surface area contributed by atoms with Crippen LogP contribution in [0.2, 0.25) is 0 Å². The molecule has 6 heteroatoms. The Hall–Kier alpha value is -3.02. The van der Waals surface area contributed by atoms with Gasteiger partial charge in [0.1, 0.15) is 23.9 Å². The molecular weight excluding hydrogens is 356 g/mol. The first-order chi connectivity index (χ1) is 13.5. The van der Waals surface area contributed by atoms with Crippen LogP contribution in [-0.2, 0) is 18.4 Å². The van der Waals surface area contributed by atoms with E-state index in [2.05, 4.69) is 18.8 Å². The lowest BCUT2D eigenvalue weighted by atomic mass is 10.2. The third-order valence-corrected chi connectivity index (χ3v) is 4.78. The second-order valence-corrected chi connectivity index (χ2v) is 6.60. The number of nitrogens with zero attached hydrogens (tertiary/aromatic N) is 2. The smallest absolute Gasteiger partial charge is 0.337 e. The van der Waals surface area contributed by atoms with E-state index in [-0.39, 0.29) is 6.10 Å². The minimum atomic E-state index is -0.391. The maximum absolute atomic E-state index is 11.7. The van der Waals surface area contributed by atoms with Gasteiger partial charge in [0, 0.05) is 13.1 Å². The fourth-order valence-corrected chi connectivity index (χ4v) is 3.05. The number of methoxy groups -OCH3 is 1. The molecule has 3 rings (SSSR count). The van der Waals surface area contributed by atoms with Crippen molar-refractivity contribution in [1.29, 1.82) is 0 Å². The zero-order chi connectivity index (χ0) is 20.1. The van der Waals surface area contributed by atoms with Crippen molar-refractivity contribution in [3.63, 3.8) is 0 Å². The summed E-state index contributed by atoms with van der Waals surface area (Å²) >= 11 is 0. The van der Waals surface area contributed by atoms with Crippen molar-refractivity contribution in [2.75, 3.05) is 7.11 Å². The number of hydrogen-bond acceptors (Lipinski definition) is 5. The lowest BCUT2D eigenvalue weighted by molar-refractivity contribution is 0.0600. The van der Waals surface area contributed by atoms with Gasteiger partial charge < -0.3 is 18.8 Å². The molecule has 0 amide bonds. The number of esters is 1. The first kappa shape index (κ1) is 19.7. The van der Waals surface area contributed by atoms with Gasteiger partial charge in [-0.2, -0.15) is 0 Å². The van der Waals surface area contributed by atoms with Gasteiger partial charge >= 0.3 is 5.97 Å². The number of carbonyl (C=O) groups excluding carboxylic acids is 1. The van der Waals surface area contributed by atoms with Gasteiger partial charge in [-0.3, -0.25) is 0 Å². The number of fused-ring (bicyclic) bond motifs is 1. The minimum Gasteiger partial charge on any atom is -0.490 e. The first-order valence-electron chi connectivity index (χ1n) is 9.48. The van der Waals surface area contributed by atoms with E-state index in [4.69, 9.17) is 14.2 Å². The van der Waals surface area contributed by atoms with E-state index in [1.54, 1.807) is 24.3 Å². The van der Waals surface area contributed by atoms with Crippen LogP contribution in [0.1, 0.15) is 42.9 Å². The molecule has 0 aliphatic rings. The summed E-state index contributed by atoms with van der Waals surface area (Å²) in [5.41, 5.74) is 2.33. The number of benzene rings is 2. The van der Waals surface area contributed by atoms with Gasteiger partial charge in [-0.15, -0.1) is 0 Å². The van der Waals surface area contributed by atoms with Crippen LogP contribution in [0.4, 0.5) is 0 Å². The van der Waals surface area contributed by atoms with Crippen molar-refractivity contribution in [1.82, 2.24) is 9.55 Å². The number of ether oxygens (including phenoxy) is 3. The highest BCUT2D eigenvalue weighted by molar-refractivity contribution is 5.89. The summed E-state index contributed by atoms with van der Waals surface area (Å²) in [5.74, 6) is 1.84. The number of carbonyl (C=O) groups is 1. The highest BCUT2D eigenvalue weighted by atomic mass is 16.5. The average Bonchev–Trinajstić information content (AvgIpc) is 3.05. The van der Waals surface area contributed by atoms with Gasteiger partial charge in [-0.25, -0.2) is 9.78 Å². The van der Waals surface area contributed by atoms with Crippen LogP contribution in [0.15, 0.2) is 42.5 Å². The molecule has 1 heterocycles. The van der Waals surface area contributed by atoms with Gasteiger partial charge in [-0.05, 0) is 43.2 Å². The van der Waals surface area contributed by atoms with Crippen molar-refractivity contribution in [3.8, 4) is 11.5 Å². The Balaban J connectivity index is 1.77. The maximum Gasteiger partial charge on any atom is 0.337 e. The highest BCUT2D eigenvalue weighted by Crippen LogP contribution is 2.24. The number of imidazole rings is 1. The van der Waals surface area contributed by atoms with E-state index in [0.29, 0.717) is 17.9 Å². The summed E-state index contributed by atoms with van der Waals surface area (Å²) < 4.78 is 18.6. The lowest BCUT2D eigenvalue weighted by Crippen LogP contribution is -2.13. The normalized spacial score (nSPS) is 11.0. The SMILES string of the molecule is CCC(CC)Oc1ccc2nc(COc3cccc(C(=O)OC)c3)n(C)c2c1. The van der Waals surface area contributed by atoms with E-state index >= 15 is 0 Å². The van der Waals surface area contributed by atoms with E-state index in [1.807, 2.05) is 29.8 Å². The predicted molar refractivity (Wildman–Crippen MR) is 108 cm³/mol. The molecule has 2 aromatic carbocycles. The zero-order valence-electron chi connectivity index (χ0n) is 16.8. The second kappa shape index (κ2) is 8.78. The monoisotopic (exact) mass is 382 g/mol. The summed E-state index contributed by atoms with van der Waals surface area (Å²) in [4.78, 5) is 16.3. The Morgan fingerprint density at radius 3 is 2.61 bits per heavy atom. The predicted octanol–water partition coefficient (Wildman–Crippen LogP) is 4.51. The third kappa shape index (κ3) is 4.27. The quantitative estimate of drug-likeness (QED) is 0.537. The summed E-state index contributed by atoms with van der Waals surface area (Å²) in [7, 11) is 3.32. The Kier molecular flexibility index (Phi) is 6.19. The van der Waals surface area contributed by atoms with Gasteiger partial charge in [0.2, 0.25) is 0 Å². The van der Waals surface area contributed by atoms with Gasteiger partial charge in [-0.1, -0.05) is 19.9 Å². The van der Waals surface area contributed by atoms with E-state index in [9.17, 15) is 4.79 Å². The molecule has 0 atom stereocenters. The molecule has 0 bridgehead atoms. The number of rotatable bonds is 8. The van der Waals surface area contributed by atoms with Crippen molar-refractivity contribution >= 4 is 17.0 Å². The third-order valence-electron chi connectivity index (χ3n) is 4.78. The molecule has 3 aromatic rings. The van der Waals surface area contributed by atoms with Crippen molar-refractivity contribution in [3.05, 3.63) is 53.9 Å².